The molecule has 106 valence electrons. The van der Waals surface area contributed by atoms with Crippen molar-refractivity contribution in [2.45, 2.75) is 6.92 Å². The van der Waals surface area contributed by atoms with Crippen LogP contribution >= 0.6 is 23.2 Å². The van der Waals surface area contributed by atoms with Gasteiger partial charge in [-0.1, -0.05) is 29.3 Å². The van der Waals surface area contributed by atoms with Crippen molar-refractivity contribution in [2.75, 3.05) is 5.32 Å². The normalized spacial score (nSPS) is 10.8. The summed E-state index contributed by atoms with van der Waals surface area (Å²) in [4.78, 5) is 15.5. The maximum absolute atomic E-state index is 12.4. The largest absolute Gasteiger partial charge is 0.361 e. The first kappa shape index (κ1) is 14.0. The van der Waals surface area contributed by atoms with Gasteiger partial charge in [-0.25, -0.2) is 0 Å². The summed E-state index contributed by atoms with van der Waals surface area (Å²) < 4.78 is 0. The monoisotopic (exact) mass is 318 g/mol. The number of halogens is 2. The van der Waals surface area contributed by atoms with Crippen molar-refractivity contribution in [2.24, 2.45) is 0 Å². The summed E-state index contributed by atoms with van der Waals surface area (Å²) in [6, 6.07) is 10.9. The Kier molecular flexibility index (Phi) is 3.62. The quantitative estimate of drug-likeness (QED) is 0.683. The molecule has 0 bridgehead atoms. The summed E-state index contributed by atoms with van der Waals surface area (Å²) in [5.41, 5.74) is 2.94. The number of rotatable bonds is 2. The van der Waals surface area contributed by atoms with E-state index in [2.05, 4.69) is 10.3 Å². The van der Waals surface area contributed by atoms with Crippen molar-refractivity contribution >= 4 is 45.7 Å². The number of carbonyl (C=O) groups is 1. The van der Waals surface area contributed by atoms with E-state index >= 15 is 0 Å². The number of fused-ring (bicyclic) bond motifs is 1. The maximum Gasteiger partial charge on any atom is 0.258 e. The minimum absolute atomic E-state index is 0.284. The molecule has 2 aromatic carbocycles. The molecule has 0 spiro atoms. The molecule has 1 heterocycles. The van der Waals surface area contributed by atoms with E-state index in [1.54, 1.807) is 18.2 Å². The van der Waals surface area contributed by atoms with Gasteiger partial charge in [-0.05, 0) is 48.2 Å². The second-order valence-electron chi connectivity index (χ2n) is 4.78. The van der Waals surface area contributed by atoms with Gasteiger partial charge >= 0.3 is 0 Å². The van der Waals surface area contributed by atoms with Gasteiger partial charge in [-0.3, -0.25) is 4.79 Å². The van der Waals surface area contributed by atoms with Crippen LogP contribution in [0.25, 0.3) is 10.9 Å². The van der Waals surface area contributed by atoms with Crippen LogP contribution < -0.4 is 5.32 Å². The molecule has 5 heteroatoms. The highest BCUT2D eigenvalue weighted by molar-refractivity contribution is 6.40. The van der Waals surface area contributed by atoms with E-state index in [1.807, 2.05) is 31.3 Å². The zero-order chi connectivity index (χ0) is 15.0. The number of nitrogens with one attached hydrogen (secondary N) is 2. The van der Waals surface area contributed by atoms with Gasteiger partial charge in [0.1, 0.15) is 0 Å². The Morgan fingerprint density at radius 2 is 1.86 bits per heavy atom. The van der Waals surface area contributed by atoms with Crippen molar-refractivity contribution < 1.29 is 4.79 Å². The zero-order valence-electron chi connectivity index (χ0n) is 11.2. The number of H-pyrrole nitrogens is 1. The summed E-state index contributed by atoms with van der Waals surface area (Å²) >= 11 is 12.1. The Morgan fingerprint density at radius 3 is 2.57 bits per heavy atom. The van der Waals surface area contributed by atoms with Crippen LogP contribution in [0.1, 0.15) is 15.9 Å². The minimum Gasteiger partial charge on any atom is -0.361 e. The molecule has 2 N–H and O–H groups in total. The first-order valence-electron chi connectivity index (χ1n) is 6.39. The SMILES string of the molecule is Cc1cc2cc[nH]c2cc1NC(=O)c1c(Cl)cccc1Cl. The van der Waals surface area contributed by atoms with Crippen molar-refractivity contribution in [1.29, 1.82) is 0 Å². The fraction of sp³-hybridized carbons (Fsp3) is 0.0625. The molecule has 0 saturated heterocycles. The number of hydrogen-bond acceptors (Lipinski definition) is 1. The van der Waals surface area contributed by atoms with Gasteiger partial charge in [0.05, 0.1) is 15.6 Å². The molecule has 1 aromatic heterocycles. The molecule has 21 heavy (non-hydrogen) atoms. The van der Waals surface area contributed by atoms with E-state index in [1.165, 1.54) is 0 Å². The highest BCUT2D eigenvalue weighted by Crippen LogP contribution is 2.27. The lowest BCUT2D eigenvalue weighted by Crippen LogP contribution is -2.14. The van der Waals surface area contributed by atoms with E-state index in [0.717, 1.165) is 22.2 Å². The molecule has 0 unspecified atom stereocenters. The lowest BCUT2D eigenvalue weighted by atomic mass is 10.1. The number of amides is 1. The lowest BCUT2D eigenvalue weighted by molar-refractivity contribution is 0.102. The number of benzene rings is 2. The fourth-order valence-electron chi connectivity index (χ4n) is 2.25. The predicted molar refractivity (Wildman–Crippen MR) is 87.5 cm³/mol. The third-order valence-corrected chi connectivity index (χ3v) is 3.97. The van der Waals surface area contributed by atoms with Crippen LogP contribution in [0.3, 0.4) is 0 Å². The molecule has 0 aliphatic heterocycles. The minimum atomic E-state index is -0.320. The van der Waals surface area contributed by atoms with Crippen LogP contribution in [0.15, 0.2) is 42.6 Å². The molecule has 0 radical (unpaired) electrons. The van der Waals surface area contributed by atoms with E-state index < -0.39 is 0 Å². The number of hydrogen-bond donors (Lipinski definition) is 2. The summed E-state index contributed by atoms with van der Waals surface area (Å²) in [7, 11) is 0. The van der Waals surface area contributed by atoms with Crippen molar-refractivity contribution in [3.05, 3.63) is 63.8 Å². The third-order valence-electron chi connectivity index (χ3n) is 3.34. The summed E-state index contributed by atoms with van der Waals surface area (Å²) in [6.45, 7) is 1.94. The van der Waals surface area contributed by atoms with Crippen molar-refractivity contribution in [3.63, 3.8) is 0 Å². The van der Waals surface area contributed by atoms with E-state index in [9.17, 15) is 4.79 Å². The smallest absolute Gasteiger partial charge is 0.258 e. The Morgan fingerprint density at radius 1 is 1.14 bits per heavy atom. The molecular weight excluding hydrogens is 307 g/mol. The molecule has 0 atom stereocenters. The Labute approximate surface area is 131 Å². The Balaban J connectivity index is 1.98. The number of aryl methyl sites for hydroxylation is 1. The average molecular weight is 319 g/mol. The molecule has 1 amide bonds. The second kappa shape index (κ2) is 5.43. The standard InChI is InChI=1S/C16H12Cl2N2O/c1-9-7-10-5-6-19-14(10)8-13(9)20-16(21)15-11(17)3-2-4-12(15)18/h2-8,19H,1H3,(H,20,21). The molecule has 3 rings (SSSR count). The van der Waals surface area contributed by atoms with Crippen LogP contribution in [0.5, 0.6) is 0 Å². The van der Waals surface area contributed by atoms with Crippen molar-refractivity contribution in [3.8, 4) is 0 Å². The first-order valence-corrected chi connectivity index (χ1v) is 7.15. The number of aromatic nitrogens is 1. The molecular formula is C16H12Cl2N2O. The van der Waals surface area contributed by atoms with Crippen LogP contribution in [-0.2, 0) is 0 Å². The Bertz CT molecular complexity index is 819. The van der Waals surface area contributed by atoms with E-state index in [4.69, 9.17) is 23.2 Å². The van der Waals surface area contributed by atoms with Gasteiger partial charge in [0.15, 0.2) is 0 Å². The van der Waals surface area contributed by atoms with Crippen LogP contribution in [0.4, 0.5) is 5.69 Å². The summed E-state index contributed by atoms with van der Waals surface area (Å²) in [6.07, 6.45) is 1.86. The molecule has 0 saturated carbocycles. The molecule has 0 aliphatic rings. The highest BCUT2D eigenvalue weighted by atomic mass is 35.5. The van der Waals surface area contributed by atoms with Crippen molar-refractivity contribution in [1.82, 2.24) is 4.98 Å². The zero-order valence-corrected chi connectivity index (χ0v) is 12.7. The van der Waals surface area contributed by atoms with Gasteiger partial charge in [0, 0.05) is 17.4 Å². The Hall–Kier alpha value is -1.97. The average Bonchev–Trinajstić information content (AvgIpc) is 2.86. The summed E-state index contributed by atoms with van der Waals surface area (Å²) in [5, 5.41) is 4.62. The van der Waals surface area contributed by atoms with E-state index in [-0.39, 0.29) is 11.5 Å². The first-order chi connectivity index (χ1) is 10.1. The number of aromatic amines is 1. The van der Waals surface area contributed by atoms with Gasteiger partial charge in [0.25, 0.3) is 5.91 Å². The topological polar surface area (TPSA) is 44.9 Å². The lowest BCUT2D eigenvalue weighted by Gasteiger charge is -2.11. The van der Waals surface area contributed by atoms with Gasteiger partial charge in [-0.2, -0.15) is 0 Å². The number of carbonyl (C=O) groups excluding carboxylic acids is 1. The fourth-order valence-corrected chi connectivity index (χ4v) is 2.82. The summed E-state index contributed by atoms with van der Waals surface area (Å²) in [5.74, 6) is -0.320. The maximum atomic E-state index is 12.4. The number of anilines is 1. The molecule has 3 aromatic rings. The van der Waals surface area contributed by atoms with Crippen LogP contribution in [0, 0.1) is 6.92 Å². The second-order valence-corrected chi connectivity index (χ2v) is 5.60. The van der Waals surface area contributed by atoms with Crippen LogP contribution in [0.2, 0.25) is 10.0 Å². The highest BCUT2D eigenvalue weighted by Gasteiger charge is 2.15. The van der Waals surface area contributed by atoms with Crippen LogP contribution in [-0.4, -0.2) is 10.9 Å². The predicted octanol–water partition coefficient (Wildman–Crippen LogP) is 5.04. The van der Waals surface area contributed by atoms with Gasteiger partial charge in [-0.15, -0.1) is 0 Å². The van der Waals surface area contributed by atoms with E-state index in [0.29, 0.717) is 10.0 Å². The van der Waals surface area contributed by atoms with Gasteiger partial charge in [0.2, 0.25) is 0 Å². The third kappa shape index (κ3) is 2.62. The molecule has 3 nitrogen and oxygen atoms in total. The molecule has 0 aliphatic carbocycles. The molecule has 0 fully saturated rings. The van der Waals surface area contributed by atoms with Gasteiger partial charge < -0.3 is 10.3 Å².